The van der Waals surface area contributed by atoms with Crippen LogP contribution in [0.5, 0.6) is 0 Å². The van der Waals surface area contributed by atoms with Crippen molar-refractivity contribution in [1.82, 2.24) is 0 Å². The number of hydrogen-bond donors (Lipinski definition) is 0. The minimum atomic E-state index is 0.0256. The molecule has 0 heterocycles. The van der Waals surface area contributed by atoms with Crippen LogP contribution in [0.1, 0.15) is 30.5 Å². The SMILES string of the molecule is [CH2]C(C)(C)c1ccc(C)cc1C. The molecule has 0 aromatic heterocycles. The molecule has 1 aromatic carbocycles. The lowest BCUT2D eigenvalue weighted by Gasteiger charge is -2.21. The molecule has 1 aromatic rings. The fourth-order valence-corrected chi connectivity index (χ4v) is 1.57. The van der Waals surface area contributed by atoms with Gasteiger partial charge in [0.25, 0.3) is 0 Å². The van der Waals surface area contributed by atoms with Gasteiger partial charge in [-0.2, -0.15) is 0 Å². The number of hydrogen-bond acceptors (Lipinski definition) is 0. The molecule has 0 saturated heterocycles. The average molecular weight is 161 g/mol. The summed E-state index contributed by atoms with van der Waals surface area (Å²) in [5, 5.41) is 0. The van der Waals surface area contributed by atoms with E-state index < -0.39 is 0 Å². The van der Waals surface area contributed by atoms with Crippen LogP contribution >= 0.6 is 0 Å². The smallest absolute Gasteiger partial charge is 0.0101 e. The fraction of sp³-hybridized carbons (Fsp3) is 0.417. The highest BCUT2D eigenvalue weighted by molar-refractivity contribution is 5.36. The van der Waals surface area contributed by atoms with Crippen molar-refractivity contribution in [2.45, 2.75) is 33.1 Å². The predicted molar refractivity (Wildman–Crippen MR) is 54.3 cm³/mol. The normalized spacial score (nSPS) is 11.8. The maximum atomic E-state index is 4.13. The van der Waals surface area contributed by atoms with Crippen molar-refractivity contribution in [1.29, 1.82) is 0 Å². The first kappa shape index (κ1) is 9.31. The van der Waals surface area contributed by atoms with Gasteiger partial charge in [0.15, 0.2) is 0 Å². The lowest BCUT2D eigenvalue weighted by molar-refractivity contribution is 0.659. The maximum absolute atomic E-state index is 4.13. The van der Waals surface area contributed by atoms with Crippen LogP contribution in [-0.4, -0.2) is 0 Å². The Hall–Kier alpha value is -0.780. The molecule has 0 N–H and O–H groups in total. The van der Waals surface area contributed by atoms with Crippen LogP contribution in [0.3, 0.4) is 0 Å². The quantitative estimate of drug-likeness (QED) is 0.592. The summed E-state index contributed by atoms with van der Waals surface area (Å²) in [6.45, 7) is 12.7. The van der Waals surface area contributed by atoms with E-state index in [1.807, 2.05) is 0 Å². The van der Waals surface area contributed by atoms with E-state index in [2.05, 4.69) is 52.8 Å². The Kier molecular flexibility index (Phi) is 2.27. The Morgan fingerprint density at radius 2 is 1.75 bits per heavy atom. The van der Waals surface area contributed by atoms with Gasteiger partial charge in [-0.15, -0.1) is 0 Å². The van der Waals surface area contributed by atoms with E-state index in [0.29, 0.717) is 0 Å². The van der Waals surface area contributed by atoms with E-state index in [0.717, 1.165) is 0 Å². The van der Waals surface area contributed by atoms with E-state index in [-0.39, 0.29) is 5.41 Å². The van der Waals surface area contributed by atoms with E-state index in [1.54, 1.807) is 0 Å². The third kappa shape index (κ3) is 1.88. The minimum absolute atomic E-state index is 0.0256. The predicted octanol–water partition coefficient (Wildman–Crippen LogP) is 3.42. The lowest BCUT2D eigenvalue weighted by Crippen LogP contribution is -2.13. The molecule has 0 amide bonds. The molecular weight excluding hydrogens is 144 g/mol. The van der Waals surface area contributed by atoms with Gasteiger partial charge in [0.2, 0.25) is 0 Å². The van der Waals surface area contributed by atoms with Gasteiger partial charge in [-0.3, -0.25) is 0 Å². The number of rotatable bonds is 1. The van der Waals surface area contributed by atoms with Crippen molar-refractivity contribution in [3.63, 3.8) is 0 Å². The Morgan fingerprint density at radius 3 is 2.17 bits per heavy atom. The molecule has 0 aliphatic heterocycles. The summed E-state index contributed by atoms with van der Waals surface area (Å²) in [7, 11) is 0. The molecule has 0 nitrogen and oxygen atoms in total. The highest BCUT2D eigenvalue weighted by Crippen LogP contribution is 2.25. The van der Waals surface area contributed by atoms with Gasteiger partial charge in [0.1, 0.15) is 0 Å². The number of aryl methyl sites for hydroxylation is 2. The molecule has 0 aliphatic carbocycles. The molecule has 0 spiro atoms. The van der Waals surface area contributed by atoms with Crippen LogP contribution in [0.2, 0.25) is 0 Å². The monoisotopic (exact) mass is 161 g/mol. The van der Waals surface area contributed by atoms with Crippen molar-refractivity contribution in [2.75, 3.05) is 0 Å². The van der Waals surface area contributed by atoms with Crippen LogP contribution < -0.4 is 0 Å². The Balaban J connectivity index is 3.19. The average Bonchev–Trinajstić information content (AvgIpc) is 1.83. The Bertz CT molecular complexity index is 277. The second-order valence-corrected chi connectivity index (χ2v) is 4.20. The van der Waals surface area contributed by atoms with Crippen molar-refractivity contribution < 1.29 is 0 Å². The van der Waals surface area contributed by atoms with Gasteiger partial charge in [0.05, 0.1) is 0 Å². The van der Waals surface area contributed by atoms with Crippen LogP contribution in [0.4, 0.5) is 0 Å². The molecule has 1 rings (SSSR count). The molecule has 12 heavy (non-hydrogen) atoms. The Labute approximate surface area is 75.6 Å². The van der Waals surface area contributed by atoms with Crippen molar-refractivity contribution in [2.24, 2.45) is 0 Å². The van der Waals surface area contributed by atoms with Gasteiger partial charge in [-0.05, 0) is 37.3 Å². The van der Waals surface area contributed by atoms with Crippen LogP contribution in [0.25, 0.3) is 0 Å². The second-order valence-electron chi connectivity index (χ2n) is 4.20. The van der Waals surface area contributed by atoms with Crippen molar-refractivity contribution in [3.8, 4) is 0 Å². The Morgan fingerprint density at radius 1 is 1.17 bits per heavy atom. The summed E-state index contributed by atoms with van der Waals surface area (Å²) in [5.74, 6) is 0. The maximum Gasteiger partial charge on any atom is -0.0101 e. The standard InChI is InChI=1S/C12H17/c1-9-6-7-11(10(2)8-9)12(3,4)5/h6-8H,3H2,1-2,4-5H3. The van der Waals surface area contributed by atoms with E-state index >= 15 is 0 Å². The molecule has 0 aliphatic rings. The number of benzene rings is 1. The molecule has 0 heteroatoms. The summed E-state index contributed by atoms with van der Waals surface area (Å²) in [4.78, 5) is 0. The third-order valence-electron chi connectivity index (χ3n) is 2.11. The van der Waals surface area contributed by atoms with Gasteiger partial charge >= 0.3 is 0 Å². The topological polar surface area (TPSA) is 0 Å². The zero-order chi connectivity index (χ0) is 9.35. The molecule has 0 unspecified atom stereocenters. The zero-order valence-electron chi connectivity index (χ0n) is 8.44. The molecule has 0 fully saturated rings. The first-order valence-electron chi connectivity index (χ1n) is 4.34. The van der Waals surface area contributed by atoms with Gasteiger partial charge in [0, 0.05) is 0 Å². The minimum Gasteiger partial charge on any atom is -0.0590 e. The molecule has 0 bridgehead atoms. The van der Waals surface area contributed by atoms with Crippen LogP contribution in [0.15, 0.2) is 18.2 Å². The largest absolute Gasteiger partial charge is 0.0590 e. The van der Waals surface area contributed by atoms with E-state index in [1.165, 1.54) is 16.7 Å². The second kappa shape index (κ2) is 2.93. The highest BCUT2D eigenvalue weighted by Gasteiger charge is 2.15. The highest BCUT2D eigenvalue weighted by atomic mass is 14.2. The summed E-state index contributed by atoms with van der Waals surface area (Å²) >= 11 is 0. The van der Waals surface area contributed by atoms with E-state index in [9.17, 15) is 0 Å². The molecule has 0 atom stereocenters. The van der Waals surface area contributed by atoms with Gasteiger partial charge in [-0.25, -0.2) is 0 Å². The third-order valence-corrected chi connectivity index (χ3v) is 2.11. The van der Waals surface area contributed by atoms with Crippen molar-refractivity contribution >= 4 is 0 Å². The molecule has 0 saturated carbocycles. The molecular formula is C12H17. The summed E-state index contributed by atoms with van der Waals surface area (Å²) in [6.07, 6.45) is 0. The first-order chi connectivity index (χ1) is 5.41. The van der Waals surface area contributed by atoms with E-state index in [4.69, 9.17) is 0 Å². The van der Waals surface area contributed by atoms with Crippen LogP contribution in [-0.2, 0) is 5.41 Å². The van der Waals surface area contributed by atoms with Crippen molar-refractivity contribution in [3.05, 3.63) is 41.8 Å². The molecule has 65 valence electrons. The molecule has 1 radical (unpaired) electrons. The fourth-order valence-electron chi connectivity index (χ4n) is 1.57. The summed E-state index contributed by atoms with van der Waals surface area (Å²) in [5.41, 5.74) is 4.03. The van der Waals surface area contributed by atoms with Gasteiger partial charge < -0.3 is 0 Å². The lowest BCUT2D eigenvalue weighted by atomic mass is 9.84. The summed E-state index contributed by atoms with van der Waals surface area (Å²) in [6, 6.07) is 6.54. The van der Waals surface area contributed by atoms with Crippen LogP contribution in [0, 0.1) is 20.8 Å². The first-order valence-corrected chi connectivity index (χ1v) is 4.34. The van der Waals surface area contributed by atoms with Gasteiger partial charge in [-0.1, -0.05) is 37.6 Å². The summed E-state index contributed by atoms with van der Waals surface area (Å²) < 4.78 is 0. The zero-order valence-corrected chi connectivity index (χ0v) is 8.44.